The van der Waals surface area contributed by atoms with E-state index in [9.17, 15) is 9.90 Å². The highest BCUT2D eigenvalue weighted by atomic mass is 79.9. The average molecular weight is 322 g/mol. The van der Waals surface area contributed by atoms with Crippen molar-refractivity contribution in [2.75, 3.05) is 5.73 Å². The Balaban J connectivity index is 2.10. The molecule has 98 valence electrons. The number of rotatable bonds is 3. The van der Waals surface area contributed by atoms with E-state index >= 15 is 0 Å². The summed E-state index contributed by atoms with van der Waals surface area (Å²) in [7, 11) is 0. The summed E-state index contributed by atoms with van der Waals surface area (Å²) in [5.41, 5.74) is 6.87. The van der Waals surface area contributed by atoms with Crippen LogP contribution in [0.2, 0.25) is 0 Å². The normalized spacial score (nSPS) is 10.2. The molecule has 4 nitrogen and oxygen atoms in total. The van der Waals surface area contributed by atoms with E-state index in [-0.39, 0.29) is 17.9 Å². The van der Waals surface area contributed by atoms with Gasteiger partial charge in [-0.25, -0.2) is 4.79 Å². The number of aromatic hydroxyl groups is 1. The number of ether oxygens (including phenoxy) is 1. The molecule has 0 bridgehead atoms. The Kier molecular flexibility index (Phi) is 4.06. The van der Waals surface area contributed by atoms with E-state index in [0.29, 0.717) is 5.69 Å². The van der Waals surface area contributed by atoms with Crippen LogP contribution in [0.1, 0.15) is 15.9 Å². The lowest BCUT2D eigenvalue weighted by atomic mass is 10.2. The maximum absolute atomic E-state index is 11.8. The van der Waals surface area contributed by atoms with Gasteiger partial charge < -0.3 is 15.6 Å². The second kappa shape index (κ2) is 5.75. The highest BCUT2D eigenvalue weighted by Crippen LogP contribution is 2.22. The zero-order valence-corrected chi connectivity index (χ0v) is 11.6. The lowest BCUT2D eigenvalue weighted by Crippen LogP contribution is -2.06. The van der Waals surface area contributed by atoms with Gasteiger partial charge in [0.1, 0.15) is 17.9 Å². The minimum Gasteiger partial charge on any atom is -0.507 e. The summed E-state index contributed by atoms with van der Waals surface area (Å²) >= 11 is 3.37. The van der Waals surface area contributed by atoms with E-state index in [1.165, 1.54) is 18.2 Å². The van der Waals surface area contributed by atoms with Gasteiger partial charge in [-0.15, -0.1) is 0 Å². The number of benzene rings is 2. The fourth-order valence-electron chi connectivity index (χ4n) is 1.55. The van der Waals surface area contributed by atoms with Crippen molar-refractivity contribution in [1.82, 2.24) is 0 Å². The van der Waals surface area contributed by atoms with Crippen molar-refractivity contribution in [3.63, 3.8) is 0 Å². The second-order valence-electron chi connectivity index (χ2n) is 3.94. The first-order valence-corrected chi connectivity index (χ1v) is 6.36. The van der Waals surface area contributed by atoms with Crippen molar-refractivity contribution in [2.45, 2.75) is 6.61 Å². The molecule has 0 aliphatic carbocycles. The molecule has 0 atom stereocenters. The molecule has 0 aromatic heterocycles. The molecule has 19 heavy (non-hydrogen) atoms. The lowest BCUT2D eigenvalue weighted by Gasteiger charge is -2.08. The van der Waals surface area contributed by atoms with Crippen molar-refractivity contribution in [3.8, 4) is 5.75 Å². The maximum Gasteiger partial charge on any atom is 0.342 e. The first kappa shape index (κ1) is 13.4. The van der Waals surface area contributed by atoms with Gasteiger partial charge in [-0.05, 0) is 24.3 Å². The van der Waals surface area contributed by atoms with Crippen LogP contribution < -0.4 is 5.73 Å². The van der Waals surface area contributed by atoms with Crippen LogP contribution in [0.25, 0.3) is 0 Å². The third-order valence-corrected chi connectivity index (χ3v) is 3.33. The molecule has 0 saturated heterocycles. The molecular weight excluding hydrogens is 310 g/mol. The van der Waals surface area contributed by atoms with Crippen molar-refractivity contribution in [1.29, 1.82) is 0 Å². The number of nitrogens with two attached hydrogens (primary N) is 1. The zero-order chi connectivity index (χ0) is 13.8. The van der Waals surface area contributed by atoms with Crippen molar-refractivity contribution in [2.24, 2.45) is 0 Å². The number of esters is 1. The molecule has 0 radical (unpaired) electrons. The average Bonchev–Trinajstić information content (AvgIpc) is 2.40. The molecule has 0 amide bonds. The molecule has 0 saturated carbocycles. The number of hydrogen-bond donors (Lipinski definition) is 2. The molecule has 0 unspecified atom stereocenters. The Bertz CT molecular complexity index is 613. The molecule has 0 spiro atoms. The summed E-state index contributed by atoms with van der Waals surface area (Å²) in [6.45, 7) is 0.120. The summed E-state index contributed by atoms with van der Waals surface area (Å²) in [4.78, 5) is 11.8. The molecule has 0 aliphatic rings. The maximum atomic E-state index is 11.8. The Morgan fingerprint density at radius 1 is 1.26 bits per heavy atom. The smallest absolute Gasteiger partial charge is 0.342 e. The van der Waals surface area contributed by atoms with Crippen LogP contribution in [0, 0.1) is 0 Å². The van der Waals surface area contributed by atoms with Gasteiger partial charge in [0.15, 0.2) is 0 Å². The molecule has 3 N–H and O–H groups in total. The van der Waals surface area contributed by atoms with E-state index < -0.39 is 5.97 Å². The van der Waals surface area contributed by atoms with Crippen LogP contribution in [-0.4, -0.2) is 11.1 Å². The van der Waals surface area contributed by atoms with Gasteiger partial charge in [-0.1, -0.05) is 34.1 Å². The van der Waals surface area contributed by atoms with Gasteiger partial charge in [-0.2, -0.15) is 0 Å². The fourth-order valence-corrected chi connectivity index (χ4v) is 1.95. The molecular formula is C14H12BrNO3. The molecule has 2 aromatic carbocycles. The monoisotopic (exact) mass is 321 g/mol. The number of phenolic OH excluding ortho intramolecular Hbond substituents is 1. The van der Waals surface area contributed by atoms with E-state index in [1.54, 1.807) is 0 Å². The predicted molar refractivity (Wildman–Crippen MR) is 75.8 cm³/mol. The quantitative estimate of drug-likeness (QED) is 0.517. The van der Waals surface area contributed by atoms with Crippen molar-refractivity contribution >= 4 is 27.6 Å². The number of carbonyl (C=O) groups is 1. The largest absolute Gasteiger partial charge is 0.507 e. The minimum atomic E-state index is -0.611. The van der Waals surface area contributed by atoms with Gasteiger partial charge in [0.05, 0.1) is 0 Å². The second-order valence-corrected chi connectivity index (χ2v) is 4.80. The Labute approximate surface area is 118 Å². The van der Waals surface area contributed by atoms with Crippen LogP contribution in [0.15, 0.2) is 46.9 Å². The number of carbonyl (C=O) groups excluding carboxylic acids is 1. The number of anilines is 1. The highest BCUT2D eigenvalue weighted by Gasteiger charge is 2.13. The van der Waals surface area contributed by atoms with E-state index in [0.717, 1.165) is 10.0 Å². The van der Waals surface area contributed by atoms with E-state index in [2.05, 4.69) is 15.9 Å². The zero-order valence-electron chi connectivity index (χ0n) is 9.97. The first-order valence-electron chi connectivity index (χ1n) is 5.57. The SMILES string of the molecule is Nc1ccc(O)c(C(=O)OCc2ccccc2Br)c1. The van der Waals surface area contributed by atoms with E-state index in [1.807, 2.05) is 24.3 Å². The number of phenols is 1. The van der Waals surface area contributed by atoms with Gasteiger partial charge >= 0.3 is 5.97 Å². The van der Waals surface area contributed by atoms with Crippen LogP contribution in [0.5, 0.6) is 5.75 Å². The van der Waals surface area contributed by atoms with Crippen LogP contribution in [0.4, 0.5) is 5.69 Å². The first-order chi connectivity index (χ1) is 9.08. The third kappa shape index (κ3) is 3.26. The van der Waals surface area contributed by atoms with Gasteiger partial charge in [0.2, 0.25) is 0 Å². The Morgan fingerprint density at radius 3 is 2.74 bits per heavy atom. The number of nitrogen functional groups attached to an aromatic ring is 1. The minimum absolute atomic E-state index is 0.0621. The lowest BCUT2D eigenvalue weighted by molar-refractivity contribution is 0.0468. The van der Waals surface area contributed by atoms with Gasteiger partial charge in [0.25, 0.3) is 0 Å². The summed E-state index contributed by atoms with van der Waals surface area (Å²) in [5.74, 6) is -0.758. The fraction of sp³-hybridized carbons (Fsp3) is 0.0714. The van der Waals surface area contributed by atoms with Crippen molar-refractivity contribution in [3.05, 3.63) is 58.1 Å². The molecule has 0 heterocycles. The predicted octanol–water partition coefficient (Wildman–Crippen LogP) is 3.09. The van der Waals surface area contributed by atoms with Crippen molar-refractivity contribution < 1.29 is 14.6 Å². The van der Waals surface area contributed by atoms with Crippen LogP contribution >= 0.6 is 15.9 Å². The van der Waals surface area contributed by atoms with Gasteiger partial charge in [0, 0.05) is 15.7 Å². The topological polar surface area (TPSA) is 72.5 Å². The number of halogens is 1. The molecule has 2 rings (SSSR count). The summed E-state index contributed by atoms with van der Waals surface area (Å²) in [6, 6.07) is 11.7. The van der Waals surface area contributed by atoms with Crippen LogP contribution in [0.3, 0.4) is 0 Å². The summed E-state index contributed by atoms with van der Waals surface area (Å²) < 4.78 is 6.01. The molecule has 2 aromatic rings. The Hall–Kier alpha value is -2.01. The molecule has 0 aliphatic heterocycles. The summed E-state index contributed by atoms with van der Waals surface area (Å²) in [5, 5.41) is 9.59. The molecule has 5 heteroatoms. The van der Waals surface area contributed by atoms with E-state index in [4.69, 9.17) is 10.5 Å². The third-order valence-electron chi connectivity index (χ3n) is 2.56. The summed E-state index contributed by atoms with van der Waals surface area (Å²) in [6.07, 6.45) is 0. The highest BCUT2D eigenvalue weighted by molar-refractivity contribution is 9.10. The van der Waals surface area contributed by atoms with Crippen LogP contribution in [-0.2, 0) is 11.3 Å². The van der Waals surface area contributed by atoms with Gasteiger partial charge in [-0.3, -0.25) is 0 Å². The molecule has 0 fully saturated rings. The standard InChI is InChI=1S/C14H12BrNO3/c15-12-4-2-1-3-9(12)8-19-14(18)11-7-10(16)5-6-13(11)17/h1-7,17H,8,16H2. The number of hydrogen-bond acceptors (Lipinski definition) is 4. The Morgan fingerprint density at radius 2 is 2.00 bits per heavy atom.